The molecule has 0 fully saturated rings. The highest BCUT2D eigenvalue weighted by Gasteiger charge is 2.18. The lowest BCUT2D eigenvalue weighted by molar-refractivity contribution is -0.138. The standard InChI is InChI=1S/C38H36O9.C22H30OSi/c1-3-35(39)45-23-7-5-21-43-32-16-11-27(12-17-32)37(41)31-10-9-30-26-34(20-15-29(30)25-31)47-38(42)28-13-18-33(19-14-28)44-22-6-8-24-46-36(40)4-2;1-4-5-9-18-24(2,3)19-10-17-23-22-15-13-21(14-16-22)20-11-7-6-8-12-20/h3-4,9-20,25-26H,1-2,5-8,21-24H2;5-9,11-16H,4,10,17-19H2,1-3H3. The van der Waals surface area contributed by atoms with Gasteiger partial charge in [-0.25, -0.2) is 14.4 Å². The maximum atomic E-state index is 13.2. The maximum Gasteiger partial charge on any atom is 0.343 e. The van der Waals surface area contributed by atoms with E-state index >= 15 is 0 Å². The van der Waals surface area contributed by atoms with E-state index in [2.05, 4.69) is 93.9 Å². The maximum absolute atomic E-state index is 13.2. The molecule has 0 N–H and O–H groups in total. The van der Waals surface area contributed by atoms with Gasteiger partial charge in [-0.2, -0.15) is 0 Å². The summed E-state index contributed by atoms with van der Waals surface area (Å²) in [5.41, 5.74) is 3.92. The van der Waals surface area contributed by atoms with Gasteiger partial charge in [0.1, 0.15) is 23.0 Å². The number of carbonyl (C=O) groups excluding carboxylic acids is 4. The second kappa shape index (κ2) is 29.5. The molecule has 6 aromatic rings. The highest BCUT2D eigenvalue weighted by atomic mass is 28.3. The molecule has 0 aromatic heterocycles. The summed E-state index contributed by atoms with van der Waals surface area (Å²) in [6.07, 6.45) is 12.0. The van der Waals surface area contributed by atoms with Crippen molar-refractivity contribution >= 4 is 42.5 Å². The molecule has 6 aromatic carbocycles. The van der Waals surface area contributed by atoms with Gasteiger partial charge in [-0.15, -0.1) is 0 Å². The molecule has 0 bridgehead atoms. The molecule has 0 aliphatic heterocycles. The summed E-state index contributed by atoms with van der Waals surface area (Å²) in [5.74, 6) is 1.10. The largest absolute Gasteiger partial charge is 0.494 e. The number of benzene rings is 6. The average molecular weight is 975 g/mol. The molecule has 0 aliphatic carbocycles. The summed E-state index contributed by atoms with van der Waals surface area (Å²) in [4.78, 5) is 48.0. The first-order valence-electron chi connectivity index (χ1n) is 24.2. The van der Waals surface area contributed by atoms with E-state index in [1.165, 1.54) is 23.2 Å². The minimum Gasteiger partial charge on any atom is -0.494 e. The lowest BCUT2D eigenvalue weighted by atomic mass is 10.00. The number of hydrogen-bond donors (Lipinski definition) is 0. The molecule has 11 heteroatoms. The zero-order valence-corrected chi connectivity index (χ0v) is 42.3. The lowest BCUT2D eigenvalue weighted by Crippen LogP contribution is -2.24. The minimum atomic E-state index is -1.10. The lowest BCUT2D eigenvalue weighted by Gasteiger charge is -2.20. The van der Waals surface area contributed by atoms with Crippen LogP contribution in [0.4, 0.5) is 0 Å². The topological polar surface area (TPSA) is 124 Å². The fraction of sp³-hybridized carbons (Fsp3) is 0.267. The fourth-order valence-electron chi connectivity index (χ4n) is 7.19. The zero-order chi connectivity index (χ0) is 50.7. The summed E-state index contributed by atoms with van der Waals surface area (Å²) < 4.78 is 32.8. The highest BCUT2D eigenvalue weighted by molar-refractivity contribution is 6.77. The molecule has 6 rings (SSSR count). The van der Waals surface area contributed by atoms with Gasteiger partial charge in [0.05, 0.1) is 46.7 Å². The smallest absolute Gasteiger partial charge is 0.343 e. The molecule has 0 saturated heterocycles. The van der Waals surface area contributed by atoms with Crippen LogP contribution in [0.1, 0.15) is 71.7 Å². The van der Waals surface area contributed by atoms with Crippen LogP contribution < -0.4 is 18.9 Å². The summed E-state index contributed by atoms with van der Waals surface area (Å²) in [7, 11) is -1.10. The molecule has 0 atom stereocenters. The van der Waals surface area contributed by atoms with Crippen molar-refractivity contribution in [2.45, 2.75) is 70.6 Å². The van der Waals surface area contributed by atoms with Crippen molar-refractivity contribution in [1.82, 2.24) is 0 Å². The minimum absolute atomic E-state index is 0.126. The SMILES string of the molecule is C=CC(=O)OCCCCOc1ccc(C(=O)Oc2ccc3cc(C(=O)c4ccc(OCCCCOC(=O)C=C)cc4)ccc3c2)cc1.CCC=CC[Si](C)(C)CCCOc1ccc(-c2ccccc2)cc1. The van der Waals surface area contributed by atoms with Crippen molar-refractivity contribution in [1.29, 1.82) is 0 Å². The Hall–Kier alpha value is -7.50. The van der Waals surface area contributed by atoms with Gasteiger partial charge < -0.3 is 28.4 Å². The Labute approximate surface area is 419 Å². The van der Waals surface area contributed by atoms with Gasteiger partial charge in [-0.3, -0.25) is 4.79 Å². The van der Waals surface area contributed by atoms with Crippen LogP contribution in [0.15, 0.2) is 177 Å². The molecular formula is C60H66O10Si. The van der Waals surface area contributed by atoms with E-state index < -0.39 is 26.0 Å². The number of esters is 3. The van der Waals surface area contributed by atoms with Crippen molar-refractivity contribution in [3.8, 4) is 34.1 Å². The van der Waals surface area contributed by atoms with E-state index in [9.17, 15) is 19.2 Å². The van der Waals surface area contributed by atoms with E-state index in [0.717, 1.165) is 48.1 Å². The number of rotatable bonds is 27. The Morgan fingerprint density at radius 1 is 0.493 bits per heavy atom. The Morgan fingerprint density at radius 2 is 0.958 bits per heavy atom. The van der Waals surface area contributed by atoms with E-state index in [-0.39, 0.29) is 5.78 Å². The van der Waals surface area contributed by atoms with E-state index in [0.29, 0.717) is 86.0 Å². The summed E-state index contributed by atoms with van der Waals surface area (Å²) in [5, 5.41) is 1.65. The third-order valence-electron chi connectivity index (χ3n) is 11.2. The van der Waals surface area contributed by atoms with Crippen molar-refractivity contribution in [3.05, 3.63) is 194 Å². The molecule has 370 valence electrons. The van der Waals surface area contributed by atoms with Gasteiger partial charge in [0.2, 0.25) is 0 Å². The zero-order valence-electron chi connectivity index (χ0n) is 41.3. The quantitative estimate of drug-likeness (QED) is 0.00937. The van der Waals surface area contributed by atoms with Gasteiger partial charge in [0.25, 0.3) is 0 Å². The molecule has 0 heterocycles. The van der Waals surface area contributed by atoms with Crippen molar-refractivity contribution in [2.75, 3.05) is 33.0 Å². The molecular weight excluding hydrogens is 909 g/mol. The second-order valence-electron chi connectivity index (χ2n) is 17.4. The average Bonchev–Trinajstić information content (AvgIpc) is 3.40. The number of allylic oxidation sites excluding steroid dienone is 2. The predicted octanol–water partition coefficient (Wildman–Crippen LogP) is 13.9. The number of fused-ring (bicyclic) bond motifs is 1. The second-order valence-corrected chi connectivity index (χ2v) is 22.7. The van der Waals surface area contributed by atoms with Crippen molar-refractivity contribution in [2.24, 2.45) is 0 Å². The molecule has 0 amide bonds. The first-order chi connectivity index (χ1) is 34.5. The number of carbonyl (C=O) groups is 4. The van der Waals surface area contributed by atoms with Gasteiger partial charge >= 0.3 is 17.9 Å². The highest BCUT2D eigenvalue weighted by Crippen LogP contribution is 2.26. The van der Waals surface area contributed by atoms with Gasteiger partial charge in [-0.05, 0) is 145 Å². The van der Waals surface area contributed by atoms with Crippen molar-refractivity contribution in [3.63, 3.8) is 0 Å². The number of ketones is 1. The third-order valence-corrected chi connectivity index (χ3v) is 14.3. The molecule has 10 nitrogen and oxygen atoms in total. The van der Waals surface area contributed by atoms with Crippen LogP contribution in [0.25, 0.3) is 21.9 Å². The summed E-state index contributed by atoms with van der Waals surface area (Å²) in [6.45, 7) is 16.2. The van der Waals surface area contributed by atoms with Crippen LogP contribution in [0.3, 0.4) is 0 Å². The van der Waals surface area contributed by atoms with Crippen LogP contribution in [-0.4, -0.2) is 64.8 Å². The molecule has 0 spiro atoms. The first kappa shape index (κ1) is 54.4. The van der Waals surface area contributed by atoms with Crippen LogP contribution in [0.2, 0.25) is 25.2 Å². The van der Waals surface area contributed by atoms with Crippen LogP contribution in [0, 0.1) is 0 Å². The predicted molar refractivity (Wildman–Crippen MR) is 286 cm³/mol. The Bertz CT molecular complexity index is 2660. The monoisotopic (exact) mass is 974 g/mol. The molecule has 0 radical (unpaired) electrons. The third kappa shape index (κ3) is 19.4. The van der Waals surface area contributed by atoms with Crippen LogP contribution in [0.5, 0.6) is 23.0 Å². The number of hydrogen-bond acceptors (Lipinski definition) is 10. The van der Waals surface area contributed by atoms with Gasteiger partial charge in [0.15, 0.2) is 5.78 Å². The summed E-state index contributed by atoms with van der Waals surface area (Å²) in [6, 6.07) is 45.7. The number of unbranched alkanes of at least 4 members (excludes halogenated alkanes) is 2. The van der Waals surface area contributed by atoms with E-state index in [1.807, 2.05) is 12.1 Å². The normalized spacial score (nSPS) is 10.9. The Kier molecular flexibility index (Phi) is 22.6. The van der Waals surface area contributed by atoms with E-state index in [1.54, 1.807) is 78.9 Å². The molecule has 0 saturated carbocycles. The Morgan fingerprint density at radius 3 is 1.52 bits per heavy atom. The Balaban J connectivity index is 0.000000327. The molecule has 0 unspecified atom stereocenters. The molecule has 0 aliphatic rings. The first-order valence-corrected chi connectivity index (χ1v) is 27.7. The van der Waals surface area contributed by atoms with Crippen molar-refractivity contribution < 1.29 is 47.6 Å². The van der Waals surface area contributed by atoms with Crippen LogP contribution in [-0.2, 0) is 19.1 Å². The van der Waals surface area contributed by atoms with E-state index in [4.69, 9.17) is 28.4 Å². The van der Waals surface area contributed by atoms with Gasteiger partial charge in [-0.1, -0.05) is 112 Å². The summed E-state index contributed by atoms with van der Waals surface area (Å²) >= 11 is 0. The number of ether oxygens (including phenoxy) is 6. The van der Waals surface area contributed by atoms with Gasteiger partial charge in [0, 0.05) is 23.3 Å². The van der Waals surface area contributed by atoms with Crippen LogP contribution >= 0.6 is 0 Å². The molecule has 71 heavy (non-hydrogen) atoms. The fourth-order valence-corrected chi connectivity index (χ4v) is 9.30.